The highest BCUT2D eigenvalue weighted by Crippen LogP contribution is 2.28. The zero-order valence-electron chi connectivity index (χ0n) is 12.2. The largest absolute Gasteiger partial charge is 0.388 e. The van der Waals surface area contributed by atoms with E-state index in [1.807, 2.05) is 18.2 Å². The van der Waals surface area contributed by atoms with Crippen LogP contribution in [0.3, 0.4) is 0 Å². The molecule has 3 rings (SSSR count). The predicted octanol–water partition coefficient (Wildman–Crippen LogP) is 2.99. The number of rotatable bonds is 3. The van der Waals surface area contributed by atoms with Gasteiger partial charge in [0.1, 0.15) is 0 Å². The fraction of sp³-hybridized carbons (Fsp3) is 0.278. The van der Waals surface area contributed by atoms with Gasteiger partial charge in [0, 0.05) is 23.6 Å². The van der Waals surface area contributed by atoms with Gasteiger partial charge in [-0.05, 0) is 42.2 Å². The first kappa shape index (κ1) is 15.1. The van der Waals surface area contributed by atoms with Crippen LogP contribution in [0.1, 0.15) is 27.9 Å². The molecule has 0 saturated heterocycles. The number of carbonyl (C=O) groups is 1. The van der Waals surface area contributed by atoms with Gasteiger partial charge in [-0.3, -0.25) is 4.79 Å². The van der Waals surface area contributed by atoms with Crippen molar-refractivity contribution in [2.75, 3.05) is 6.54 Å². The summed E-state index contributed by atoms with van der Waals surface area (Å²) in [6, 6.07) is 14.9. The van der Waals surface area contributed by atoms with Crippen LogP contribution in [0.25, 0.3) is 0 Å². The molecule has 1 aliphatic carbocycles. The molecule has 3 nitrogen and oxygen atoms in total. The van der Waals surface area contributed by atoms with E-state index >= 15 is 0 Å². The summed E-state index contributed by atoms with van der Waals surface area (Å²) in [4.78, 5) is 12.1. The first-order valence-electron chi connectivity index (χ1n) is 7.39. The van der Waals surface area contributed by atoms with Crippen molar-refractivity contribution in [3.05, 3.63) is 70.2 Å². The van der Waals surface area contributed by atoms with E-state index in [1.54, 1.807) is 24.3 Å². The average Bonchev–Trinajstić information content (AvgIpc) is 2.52. The Hall–Kier alpha value is -1.84. The molecule has 22 heavy (non-hydrogen) atoms. The molecule has 2 aromatic carbocycles. The molecule has 0 radical (unpaired) electrons. The molecular formula is C18H18ClNO2. The van der Waals surface area contributed by atoms with Crippen molar-refractivity contribution in [3.63, 3.8) is 0 Å². The Kier molecular flexibility index (Phi) is 4.19. The van der Waals surface area contributed by atoms with Gasteiger partial charge in [0.05, 0.1) is 5.60 Å². The van der Waals surface area contributed by atoms with E-state index in [-0.39, 0.29) is 12.5 Å². The molecule has 0 fully saturated rings. The second-order valence-corrected chi connectivity index (χ2v) is 6.30. The van der Waals surface area contributed by atoms with Gasteiger partial charge in [-0.25, -0.2) is 0 Å². The third-order valence-corrected chi connectivity index (χ3v) is 4.40. The number of nitrogens with one attached hydrogen (secondary N) is 1. The maximum atomic E-state index is 12.1. The molecule has 1 amide bonds. The van der Waals surface area contributed by atoms with Crippen LogP contribution in [0.2, 0.25) is 5.02 Å². The summed E-state index contributed by atoms with van der Waals surface area (Å²) in [6.45, 7) is 0.243. The van der Waals surface area contributed by atoms with Crippen LogP contribution >= 0.6 is 11.6 Å². The van der Waals surface area contributed by atoms with E-state index < -0.39 is 5.60 Å². The number of fused-ring (bicyclic) bond motifs is 1. The Morgan fingerprint density at radius 1 is 1.18 bits per heavy atom. The number of hydrogen-bond acceptors (Lipinski definition) is 2. The smallest absolute Gasteiger partial charge is 0.251 e. The zero-order valence-corrected chi connectivity index (χ0v) is 12.9. The molecule has 1 aliphatic rings. The van der Waals surface area contributed by atoms with E-state index in [4.69, 9.17) is 11.6 Å². The van der Waals surface area contributed by atoms with Crippen molar-refractivity contribution in [2.45, 2.75) is 24.9 Å². The zero-order chi connectivity index (χ0) is 15.6. The lowest BCUT2D eigenvalue weighted by Gasteiger charge is -2.33. The number of aliphatic hydroxyl groups is 1. The highest BCUT2D eigenvalue weighted by molar-refractivity contribution is 6.30. The van der Waals surface area contributed by atoms with Gasteiger partial charge in [-0.2, -0.15) is 0 Å². The highest BCUT2D eigenvalue weighted by atomic mass is 35.5. The lowest BCUT2D eigenvalue weighted by atomic mass is 9.80. The standard InChI is InChI=1S/C18H18ClNO2/c19-16-7-3-6-14(10-16)17(21)20-12-18(22)9-8-13-4-1-2-5-15(13)11-18/h1-7,10,22H,8-9,11-12H2,(H,20,21)/t18-/m1/s1. The van der Waals surface area contributed by atoms with Crippen LogP contribution in [-0.2, 0) is 12.8 Å². The van der Waals surface area contributed by atoms with E-state index in [0.717, 1.165) is 12.0 Å². The van der Waals surface area contributed by atoms with E-state index in [9.17, 15) is 9.90 Å². The second kappa shape index (κ2) is 6.11. The molecule has 2 aromatic rings. The van der Waals surface area contributed by atoms with Gasteiger partial charge in [0.25, 0.3) is 5.91 Å². The minimum absolute atomic E-state index is 0.213. The molecule has 0 bridgehead atoms. The third-order valence-electron chi connectivity index (χ3n) is 4.16. The van der Waals surface area contributed by atoms with Gasteiger partial charge < -0.3 is 10.4 Å². The molecular weight excluding hydrogens is 298 g/mol. The monoisotopic (exact) mass is 315 g/mol. The van der Waals surface area contributed by atoms with Crippen LogP contribution < -0.4 is 5.32 Å². The molecule has 0 unspecified atom stereocenters. The summed E-state index contributed by atoms with van der Waals surface area (Å²) < 4.78 is 0. The Bertz CT molecular complexity index is 701. The van der Waals surface area contributed by atoms with Gasteiger partial charge in [0.2, 0.25) is 0 Å². The first-order chi connectivity index (χ1) is 10.6. The van der Waals surface area contributed by atoms with Gasteiger partial charge in [-0.1, -0.05) is 41.9 Å². The normalized spacial score (nSPS) is 20.3. The summed E-state index contributed by atoms with van der Waals surface area (Å²) in [6.07, 6.45) is 2.05. The molecule has 0 aromatic heterocycles. The van der Waals surface area contributed by atoms with E-state index in [1.165, 1.54) is 5.56 Å². The Morgan fingerprint density at radius 2 is 1.95 bits per heavy atom. The molecule has 1 atom stereocenters. The lowest BCUT2D eigenvalue weighted by molar-refractivity contribution is 0.0260. The number of halogens is 1. The topological polar surface area (TPSA) is 49.3 Å². The number of hydrogen-bond donors (Lipinski definition) is 2. The van der Waals surface area contributed by atoms with Gasteiger partial charge in [-0.15, -0.1) is 0 Å². The fourth-order valence-corrected chi connectivity index (χ4v) is 3.10. The van der Waals surface area contributed by atoms with Crippen LogP contribution in [0.4, 0.5) is 0 Å². The van der Waals surface area contributed by atoms with Gasteiger partial charge in [0.15, 0.2) is 0 Å². The number of amides is 1. The first-order valence-corrected chi connectivity index (χ1v) is 7.76. The Morgan fingerprint density at radius 3 is 2.73 bits per heavy atom. The summed E-state index contributed by atoms with van der Waals surface area (Å²) in [5.74, 6) is -0.213. The van der Waals surface area contributed by atoms with Crippen LogP contribution in [0.15, 0.2) is 48.5 Å². The van der Waals surface area contributed by atoms with Crippen molar-refractivity contribution in [2.24, 2.45) is 0 Å². The molecule has 0 heterocycles. The number of carbonyl (C=O) groups excluding carboxylic acids is 1. The van der Waals surface area contributed by atoms with Crippen molar-refractivity contribution < 1.29 is 9.90 Å². The molecule has 0 aliphatic heterocycles. The maximum Gasteiger partial charge on any atom is 0.251 e. The Balaban J connectivity index is 1.65. The van der Waals surface area contributed by atoms with E-state index in [2.05, 4.69) is 11.4 Å². The van der Waals surface area contributed by atoms with Crippen molar-refractivity contribution in [1.82, 2.24) is 5.32 Å². The molecule has 0 spiro atoms. The van der Waals surface area contributed by atoms with Gasteiger partial charge >= 0.3 is 0 Å². The summed E-state index contributed by atoms with van der Waals surface area (Å²) in [5, 5.41) is 14.1. The van der Waals surface area contributed by atoms with E-state index in [0.29, 0.717) is 23.4 Å². The second-order valence-electron chi connectivity index (χ2n) is 5.86. The van der Waals surface area contributed by atoms with Crippen molar-refractivity contribution in [1.29, 1.82) is 0 Å². The number of benzene rings is 2. The quantitative estimate of drug-likeness (QED) is 0.915. The molecule has 2 N–H and O–H groups in total. The van der Waals surface area contributed by atoms with Crippen molar-refractivity contribution >= 4 is 17.5 Å². The lowest BCUT2D eigenvalue weighted by Crippen LogP contribution is -2.46. The van der Waals surface area contributed by atoms with Crippen LogP contribution in [0, 0.1) is 0 Å². The maximum absolute atomic E-state index is 12.1. The minimum Gasteiger partial charge on any atom is -0.388 e. The minimum atomic E-state index is -0.886. The molecule has 114 valence electrons. The van der Waals surface area contributed by atoms with Crippen molar-refractivity contribution in [3.8, 4) is 0 Å². The SMILES string of the molecule is O=C(NC[C@@]1(O)CCc2ccccc2C1)c1cccc(Cl)c1. The Labute approximate surface area is 134 Å². The predicted molar refractivity (Wildman–Crippen MR) is 87.2 cm³/mol. The summed E-state index contributed by atoms with van der Waals surface area (Å²) in [7, 11) is 0. The van der Waals surface area contributed by atoms with Crippen LogP contribution in [-0.4, -0.2) is 23.2 Å². The third kappa shape index (κ3) is 3.32. The molecule has 4 heteroatoms. The summed E-state index contributed by atoms with van der Waals surface area (Å²) >= 11 is 5.89. The number of aryl methyl sites for hydroxylation is 1. The van der Waals surface area contributed by atoms with Crippen LogP contribution in [0.5, 0.6) is 0 Å². The average molecular weight is 316 g/mol. The fourth-order valence-electron chi connectivity index (χ4n) is 2.91. The molecule has 0 saturated carbocycles. The summed E-state index contributed by atoms with van der Waals surface area (Å²) in [5.41, 5.74) is 2.07. The highest BCUT2D eigenvalue weighted by Gasteiger charge is 2.32.